The van der Waals surface area contributed by atoms with E-state index in [1.54, 1.807) is 0 Å². The van der Waals surface area contributed by atoms with Gasteiger partial charge in [-0.15, -0.1) is 0 Å². The van der Waals surface area contributed by atoms with Crippen LogP contribution in [0.25, 0.3) is 0 Å². The van der Waals surface area contributed by atoms with Gasteiger partial charge in [-0.05, 0) is 41.9 Å². The molecule has 88 valence electrons. The zero-order valence-electron chi connectivity index (χ0n) is 9.63. The topological polar surface area (TPSA) is 26.0 Å². The van der Waals surface area contributed by atoms with Crippen molar-refractivity contribution in [1.29, 1.82) is 0 Å². The van der Waals surface area contributed by atoms with Crippen molar-refractivity contribution >= 4 is 0 Å². The van der Waals surface area contributed by atoms with Crippen LogP contribution in [0.1, 0.15) is 25.8 Å². The van der Waals surface area contributed by atoms with E-state index in [9.17, 15) is 8.78 Å². The summed E-state index contributed by atoms with van der Waals surface area (Å²) in [4.78, 5) is 0. The Balaban J connectivity index is 2.04. The first kappa shape index (κ1) is 11.5. The molecule has 1 aliphatic rings. The number of rotatable bonds is 3. The Kier molecular flexibility index (Phi) is 2.74. The third-order valence-corrected chi connectivity index (χ3v) is 3.50. The van der Waals surface area contributed by atoms with Gasteiger partial charge in [0, 0.05) is 12.1 Å². The molecule has 1 fully saturated rings. The average Bonchev–Trinajstić information content (AvgIpc) is 2.73. The molecule has 0 saturated heterocycles. The SMILES string of the molecule is CC1(C)CC1C(N)Cc1cc(F)cc(F)c1. The molecule has 2 unspecified atom stereocenters. The molecule has 2 N–H and O–H groups in total. The summed E-state index contributed by atoms with van der Waals surface area (Å²) in [6, 6.07) is 3.60. The fraction of sp³-hybridized carbons (Fsp3) is 0.538. The minimum atomic E-state index is -0.530. The maximum absolute atomic E-state index is 13.0. The normalized spacial score (nSPS) is 24.2. The smallest absolute Gasteiger partial charge is 0.126 e. The van der Waals surface area contributed by atoms with Crippen molar-refractivity contribution in [3.05, 3.63) is 35.4 Å². The molecule has 16 heavy (non-hydrogen) atoms. The number of nitrogens with two attached hydrogens (primary N) is 1. The Morgan fingerprint density at radius 1 is 1.31 bits per heavy atom. The lowest BCUT2D eigenvalue weighted by Gasteiger charge is -2.13. The van der Waals surface area contributed by atoms with Gasteiger partial charge < -0.3 is 5.73 Å². The monoisotopic (exact) mass is 225 g/mol. The zero-order valence-corrected chi connectivity index (χ0v) is 9.63. The molecule has 0 amide bonds. The van der Waals surface area contributed by atoms with E-state index in [2.05, 4.69) is 13.8 Å². The van der Waals surface area contributed by atoms with Gasteiger partial charge in [-0.1, -0.05) is 13.8 Å². The molecule has 0 aromatic heterocycles. The average molecular weight is 225 g/mol. The summed E-state index contributed by atoms with van der Waals surface area (Å²) in [5, 5.41) is 0. The largest absolute Gasteiger partial charge is 0.327 e. The molecule has 0 spiro atoms. The van der Waals surface area contributed by atoms with Crippen LogP contribution in [0.15, 0.2) is 18.2 Å². The lowest BCUT2D eigenvalue weighted by atomic mass is 9.98. The van der Waals surface area contributed by atoms with E-state index in [0.717, 1.165) is 12.5 Å². The Morgan fingerprint density at radius 2 is 1.81 bits per heavy atom. The van der Waals surface area contributed by atoms with E-state index in [0.29, 0.717) is 23.3 Å². The fourth-order valence-electron chi connectivity index (χ4n) is 2.38. The molecule has 1 aromatic carbocycles. The van der Waals surface area contributed by atoms with Gasteiger partial charge in [-0.3, -0.25) is 0 Å². The lowest BCUT2D eigenvalue weighted by Crippen LogP contribution is -2.27. The molecule has 0 heterocycles. The van der Waals surface area contributed by atoms with Crippen molar-refractivity contribution in [2.24, 2.45) is 17.1 Å². The van der Waals surface area contributed by atoms with E-state index in [1.165, 1.54) is 12.1 Å². The maximum Gasteiger partial charge on any atom is 0.126 e. The predicted octanol–water partition coefficient (Wildman–Crippen LogP) is 2.88. The first-order valence-corrected chi connectivity index (χ1v) is 5.59. The summed E-state index contributed by atoms with van der Waals surface area (Å²) in [6.45, 7) is 4.34. The number of halogens is 2. The Morgan fingerprint density at radius 3 is 2.25 bits per heavy atom. The molecular formula is C13H17F2N. The van der Waals surface area contributed by atoms with Gasteiger partial charge >= 0.3 is 0 Å². The summed E-state index contributed by atoms with van der Waals surface area (Å²) >= 11 is 0. The first-order chi connectivity index (χ1) is 7.38. The number of hydrogen-bond donors (Lipinski definition) is 1. The third kappa shape index (κ3) is 2.40. The second kappa shape index (κ2) is 3.81. The zero-order chi connectivity index (χ0) is 11.9. The van der Waals surface area contributed by atoms with Crippen LogP contribution in [0.4, 0.5) is 8.78 Å². The fourth-order valence-corrected chi connectivity index (χ4v) is 2.38. The minimum absolute atomic E-state index is 0.00352. The molecule has 2 atom stereocenters. The van der Waals surface area contributed by atoms with Crippen molar-refractivity contribution < 1.29 is 8.78 Å². The Hall–Kier alpha value is -0.960. The van der Waals surface area contributed by atoms with Gasteiger partial charge in [0.05, 0.1) is 0 Å². The van der Waals surface area contributed by atoms with Crippen LogP contribution in [-0.2, 0) is 6.42 Å². The summed E-state index contributed by atoms with van der Waals surface area (Å²) in [6.07, 6.45) is 1.65. The van der Waals surface area contributed by atoms with Crippen molar-refractivity contribution in [3.8, 4) is 0 Å². The molecule has 2 rings (SSSR count). The molecule has 3 heteroatoms. The molecule has 0 aliphatic heterocycles. The molecule has 1 nitrogen and oxygen atoms in total. The van der Waals surface area contributed by atoms with E-state index in [-0.39, 0.29) is 6.04 Å². The highest BCUT2D eigenvalue weighted by Gasteiger charge is 2.48. The van der Waals surface area contributed by atoms with E-state index < -0.39 is 11.6 Å². The van der Waals surface area contributed by atoms with Crippen LogP contribution in [0.2, 0.25) is 0 Å². The maximum atomic E-state index is 13.0. The van der Waals surface area contributed by atoms with Gasteiger partial charge in [0.15, 0.2) is 0 Å². The van der Waals surface area contributed by atoms with Crippen molar-refractivity contribution in [1.82, 2.24) is 0 Å². The van der Waals surface area contributed by atoms with E-state index in [1.807, 2.05) is 0 Å². The van der Waals surface area contributed by atoms with Gasteiger partial charge in [0.25, 0.3) is 0 Å². The molecule has 0 radical (unpaired) electrons. The van der Waals surface area contributed by atoms with Gasteiger partial charge in [-0.25, -0.2) is 8.78 Å². The highest BCUT2D eigenvalue weighted by atomic mass is 19.1. The summed E-state index contributed by atoms with van der Waals surface area (Å²) in [5.74, 6) is -0.589. The quantitative estimate of drug-likeness (QED) is 0.841. The van der Waals surface area contributed by atoms with Crippen molar-refractivity contribution in [2.45, 2.75) is 32.7 Å². The summed E-state index contributed by atoms with van der Waals surface area (Å²) < 4.78 is 25.9. The lowest BCUT2D eigenvalue weighted by molar-refractivity contribution is 0.474. The Bertz CT molecular complexity index is 381. The summed E-state index contributed by atoms with van der Waals surface area (Å²) in [7, 11) is 0. The van der Waals surface area contributed by atoms with Crippen molar-refractivity contribution in [2.75, 3.05) is 0 Å². The molecule has 1 aromatic rings. The molecule has 1 saturated carbocycles. The van der Waals surface area contributed by atoms with E-state index >= 15 is 0 Å². The van der Waals surface area contributed by atoms with Crippen LogP contribution in [0, 0.1) is 23.0 Å². The van der Waals surface area contributed by atoms with Crippen LogP contribution in [-0.4, -0.2) is 6.04 Å². The second-order valence-electron chi connectivity index (χ2n) is 5.44. The molecule has 1 aliphatic carbocycles. The Labute approximate surface area is 94.7 Å². The van der Waals surface area contributed by atoms with Crippen molar-refractivity contribution in [3.63, 3.8) is 0 Å². The summed E-state index contributed by atoms with van der Waals surface area (Å²) in [5.41, 5.74) is 6.98. The predicted molar refractivity (Wildman–Crippen MR) is 59.9 cm³/mol. The van der Waals surface area contributed by atoms with Crippen LogP contribution in [0.3, 0.4) is 0 Å². The number of benzene rings is 1. The van der Waals surface area contributed by atoms with E-state index in [4.69, 9.17) is 5.73 Å². The second-order valence-corrected chi connectivity index (χ2v) is 5.44. The number of hydrogen-bond acceptors (Lipinski definition) is 1. The standard InChI is InChI=1S/C13H17F2N/c1-13(2)7-11(13)12(16)5-8-3-9(14)6-10(15)4-8/h3-4,6,11-12H,5,7,16H2,1-2H3. The third-order valence-electron chi connectivity index (χ3n) is 3.50. The minimum Gasteiger partial charge on any atom is -0.327 e. The van der Waals surface area contributed by atoms with Gasteiger partial charge in [0.2, 0.25) is 0 Å². The highest BCUT2D eigenvalue weighted by molar-refractivity contribution is 5.20. The molecule has 0 bridgehead atoms. The van der Waals surface area contributed by atoms with Gasteiger partial charge in [-0.2, -0.15) is 0 Å². The first-order valence-electron chi connectivity index (χ1n) is 5.59. The highest BCUT2D eigenvalue weighted by Crippen LogP contribution is 2.53. The van der Waals surface area contributed by atoms with Crippen LogP contribution in [0.5, 0.6) is 0 Å². The molecular weight excluding hydrogens is 208 g/mol. The van der Waals surface area contributed by atoms with Gasteiger partial charge in [0.1, 0.15) is 11.6 Å². The van der Waals surface area contributed by atoms with Crippen LogP contribution < -0.4 is 5.73 Å². The van der Waals surface area contributed by atoms with Crippen LogP contribution >= 0.6 is 0 Å².